The highest BCUT2D eigenvalue weighted by atomic mass is 32.2. The zero-order chi connectivity index (χ0) is 14.3. The van der Waals surface area contributed by atoms with Crippen molar-refractivity contribution >= 4 is 10.1 Å². The number of benzene rings is 1. The lowest BCUT2D eigenvalue weighted by atomic mass is 9.85. The molecular formula is C14H20O4S. The van der Waals surface area contributed by atoms with E-state index in [0.29, 0.717) is 25.0 Å². The third-order valence-corrected chi connectivity index (χ3v) is 4.83. The van der Waals surface area contributed by atoms with Crippen molar-refractivity contribution in [3.05, 3.63) is 29.3 Å². The summed E-state index contributed by atoms with van der Waals surface area (Å²) in [5.74, 6) is 0.805. The molecule has 0 bridgehead atoms. The van der Waals surface area contributed by atoms with E-state index in [1.807, 2.05) is 13.0 Å². The van der Waals surface area contributed by atoms with E-state index in [9.17, 15) is 13.0 Å². The largest absolute Gasteiger partial charge is 0.492 e. The second-order valence-electron chi connectivity index (χ2n) is 5.72. The van der Waals surface area contributed by atoms with E-state index in [1.165, 1.54) is 0 Å². The van der Waals surface area contributed by atoms with Crippen LogP contribution >= 0.6 is 0 Å². The molecule has 19 heavy (non-hydrogen) atoms. The van der Waals surface area contributed by atoms with Crippen LogP contribution in [0.3, 0.4) is 0 Å². The van der Waals surface area contributed by atoms with E-state index in [2.05, 4.69) is 13.8 Å². The van der Waals surface area contributed by atoms with E-state index >= 15 is 0 Å². The Morgan fingerprint density at radius 1 is 1.42 bits per heavy atom. The summed E-state index contributed by atoms with van der Waals surface area (Å²) in [5.41, 5.74) is 1.53. The molecule has 2 rings (SSSR count). The third-order valence-electron chi connectivity index (χ3n) is 3.60. The summed E-state index contributed by atoms with van der Waals surface area (Å²) >= 11 is 0. The standard InChI is InChI=1S/C14H20O4S/c1-4-5-13(19(15,16)17)10-6-7-12-11(8-10)14(2,3)9-18-12/h6-8,13H,4-5,9H2,1-3H3,(H,15,16,17). The number of hydrogen-bond donors (Lipinski definition) is 1. The van der Waals surface area contributed by atoms with Crippen LogP contribution in [0.1, 0.15) is 50.0 Å². The van der Waals surface area contributed by atoms with Crippen molar-refractivity contribution in [1.29, 1.82) is 0 Å². The molecule has 0 spiro atoms. The Balaban J connectivity index is 2.47. The molecule has 0 saturated carbocycles. The Labute approximate surface area is 114 Å². The van der Waals surface area contributed by atoms with E-state index in [4.69, 9.17) is 4.74 Å². The van der Waals surface area contributed by atoms with Crippen LogP contribution < -0.4 is 4.74 Å². The van der Waals surface area contributed by atoms with Crippen LogP contribution in [-0.2, 0) is 15.5 Å². The molecule has 5 heteroatoms. The summed E-state index contributed by atoms with van der Waals surface area (Å²) in [5, 5.41) is -0.848. The Morgan fingerprint density at radius 2 is 2.11 bits per heavy atom. The van der Waals surface area contributed by atoms with Gasteiger partial charge in [0.05, 0.1) is 6.61 Å². The Bertz CT molecular complexity index is 575. The normalized spacial score (nSPS) is 18.7. The Morgan fingerprint density at radius 3 is 2.68 bits per heavy atom. The van der Waals surface area contributed by atoms with Crippen LogP contribution in [0.15, 0.2) is 18.2 Å². The number of rotatable bonds is 4. The van der Waals surface area contributed by atoms with Gasteiger partial charge in [0.1, 0.15) is 11.0 Å². The van der Waals surface area contributed by atoms with Crippen molar-refractivity contribution in [3.63, 3.8) is 0 Å². The molecular weight excluding hydrogens is 264 g/mol. The zero-order valence-electron chi connectivity index (χ0n) is 11.5. The topological polar surface area (TPSA) is 63.6 Å². The van der Waals surface area contributed by atoms with Crippen molar-refractivity contribution in [3.8, 4) is 5.75 Å². The molecule has 4 nitrogen and oxygen atoms in total. The average molecular weight is 284 g/mol. The highest BCUT2D eigenvalue weighted by molar-refractivity contribution is 7.86. The van der Waals surface area contributed by atoms with Gasteiger partial charge in [-0.05, 0) is 18.1 Å². The first-order valence-corrected chi connectivity index (χ1v) is 7.99. The van der Waals surface area contributed by atoms with E-state index in [0.717, 1.165) is 11.3 Å². The molecule has 1 aliphatic rings. The highest BCUT2D eigenvalue weighted by Crippen LogP contribution is 2.40. The fourth-order valence-electron chi connectivity index (χ4n) is 2.49. The minimum absolute atomic E-state index is 0.124. The van der Waals surface area contributed by atoms with Gasteiger partial charge in [0.2, 0.25) is 0 Å². The first-order chi connectivity index (χ1) is 8.75. The van der Waals surface area contributed by atoms with Gasteiger partial charge in [-0.15, -0.1) is 0 Å². The summed E-state index contributed by atoms with van der Waals surface area (Å²) in [4.78, 5) is 0. The van der Waals surface area contributed by atoms with Crippen molar-refractivity contribution < 1.29 is 17.7 Å². The van der Waals surface area contributed by atoms with Gasteiger partial charge in [-0.1, -0.05) is 39.3 Å². The van der Waals surface area contributed by atoms with Crippen LogP contribution in [0.4, 0.5) is 0 Å². The molecule has 106 valence electrons. The van der Waals surface area contributed by atoms with Gasteiger partial charge in [0.25, 0.3) is 10.1 Å². The van der Waals surface area contributed by atoms with Gasteiger partial charge in [0, 0.05) is 11.0 Å². The SMILES string of the molecule is CCCC(c1ccc2c(c1)C(C)(C)CO2)S(=O)(=O)O. The van der Waals surface area contributed by atoms with Crippen LogP contribution in [0.2, 0.25) is 0 Å². The fraction of sp³-hybridized carbons (Fsp3) is 0.571. The predicted molar refractivity (Wildman–Crippen MR) is 74.2 cm³/mol. The fourth-order valence-corrected chi connectivity index (χ4v) is 3.51. The van der Waals surface area contributed by atoms with Crippen LogP contribution in [0.25, 0.3) is 0 Å². The first kappa shape index (κ1) is 14.3. The molecule has 0 radical (unpaired) electrons. The predicted octanol–water partition coefficient (Wildman–Crippen LogP) is 3.09. The first-order valence-electron chi connectivity index (χ1n) is 6.49. The van der Waals surface area contributed by atoms with Crippen molar-refractivity contribution in [1.82, 2.24) is 0 Å². The summed E-state index contributed by atoms with van der Waals surface area (Å²) in [6.45, 7) is 6.62. The van der Waals surface area contributed by atoms with Gasteiger partial charge in [0.15, 0.2) is 0 Å². The third kappa shape index (κ3) is 2.77. The summed E-state index contributed by atoms with van der Waals surface area (Å²) in [7, 11) is -4.08. The maximum atomic E-state index is 11.5. The number of hydrogen-bond acceptors (Lipinski definition) is 3. The van der Waals surface area contributed by atoms with Crippen LogP contribution in [-0.4, -0.2) is 19.6 Å². The Hall–Kier alpha value is -1.07. The van der Waals surface area contributed by atoms with Crippen molar-refractivity contribution in [2.75, 3.05) is 6.61 Å². The lowest BCUT2D eigenvalue weighted by Gasteiger charge is -2.18. The van der Waals surface area contributed by atoms with E-state index in [1.54, 1.807) is 12.1 Å². The smallest absolute Gasteiger partial charge is 0.271 e. The van der Waals surface area contributed by atoms with E-state index in [-0.39, 0.29) is 5.41 Å². The second kappa shape index (κ2) is 4.80. The summed E-state index contributed by atoms with van der Waals surface area (Å²) in [6, 6.07) is 5.39. The van der Waals surface area contributed by atoms with Crippen LogP contribution in [0.5, 0.6) is 5.75 Å². The van der Waals surface area contributed by atoms with Gasteiger partial charge in [-0.3, -0.25) is 4.55 Å². The monoisotopic (exact) mass is 284 g/mol. The molecule has 1 unspecified atom stereocenters. The molecule has 1 aromatic carbocycles. The summed E-state index contributed by atoms with van der Waals surface area (Å²) < 4.78 is 38.0. The number of ether oxygens (including phenoxy) is 1. The minimum atomic E-state index is -4.08. The quantitative estimate of drug-likeness (QED) is 0.863. The molecule has 1 aromatic rings. The molecule has 1 N–H and O–H groups in total. The van der Waals surface area contributed by atoms with Crippen molar-refractivity contribution in [2.45, 2.75) is 44.3 Å². The van der Waals surface area contributed by atoms with Gasteiger partial charge in [-0.2, -0.15) is 8.42 Å². The van der Waals surface area contributed by atoms with Gasteiger partial charge in [-0.25, -0.2) is 0 Å². The molecule has 1 atom stereocenters. The number of fused-ring (bicyclic) bond motifs is 1. The minimum Gasteiger partial charge on any atom is -0.492 e. The summed E-state index contributed by atoms with van der Waals surface area (Å²) in [6.07, 6.45) is 1.11. The lowest BCUT2D eigenvalue weighted by Crippen LogP contribution is -2.19. The molecule has 0 amide bonds. The molecule has 0 aromatic heterocycles. The lowest BCUT2D eigenvalue weighted by molar-refractivity contribution is 0.291. The molecule has 0 aliphatic carbocycles. The van der Waals surface area contributed by atoms with Crippen molar-refractivity contribution in [2.24, 2.45) is 0 Å². The molecule has 0 fully saturated rings. The second-order valence-corrected chi connectivity index (χ2v) is 7.32. The molecule has 0 saturated heterocycles. The van der Waals surface area contributed by atoms with E-state index < -0.39 is 15.4 Å². The molecule has 1 aliphatic heterocycles. The van der Waals surface area contributed by atoms with Gasteiger partial charge < -0.3 is 4.74 Å². The van der Waals surface area contributed by atoms with Gasteiger partial charge >= 0.3 is 0 Å². The molecule has 1 heterocycles. The van der Waals surface area contributed by atoms with Crippen LogP contribution in [0, 0.1) is 0 Å². The zero-order valence-corrected chi connectivity index (χ0v) is 12.3. The Kier molecular flexibility index (Phi) is 3.62. The highest BCUT2D eigenvalue weighted by Gasteiger charge is 2.33. The average Bonchev–Trinajstić information content (AvgIpc) is 2.61. The maximum Gasteiger partial charge on any atom is 0.271 e. The maximum absolute atomic E-state index is 11.5.